The van der Waals surface area contributed by atoms with Gasteiger partial charge in [-0.15, -0.1) is 0 Å². The molecule has 0 bridgehead atoms. The van der Waals surface area contributed by atoms with Crippen molar-refractivity contribution >= 4 is 18.0 Å². The zero-order chi connectivity index (χ0) is 19.4. The van der Waals surface area contributed by atoms with Crippen molar-refractivity contribution in [1.29, 1.82) is 0 Å². The standard InChI is InChI=1S/C20H26N2O5/c1-25-17-10-13-5-4-6-14(9-15(13)11-18(17)26-2)19(23)22-8-7-21-16(12-22)20(24)27-3/h9-11,16,21H,4-8,12H2,1-3H3. The predicted octanol–water partition coefficient (Wildman–Crippen LogP) is 1.40. The minimum absolute atomic E-state index is 0.0203. The van der Waals surface area contributed by atoms with Gasteiger partial charge >= 0.3 is 5.97 Å². The van der Waals surface area contributed by atoms with Gasteiger partial charge in [-0.1, -0.05) is 0 Å². The number of nitrogens with zero attached hydrogens (tertiary/aromatic N) is 1. The van der Waals surface area contributed by atoms with Crippen LogP contribution < -0.4 is 14.8 Å². The number of ether oxygens (including phenoxy) is 3. The predicted molar refractivity (Wildman–Crippen MR) is 101 cm³/mol. The van der Waals surface area contributed by atoms with E-state index in [2.05, 4.69) is 5.32 Å². The van der Waals surface area contributed by atoms with Crippen LogP contribution in [0.1, 0.15) is 24.0 Å². The SMILES string of the molecule is COC(=O)C1CN(C(=O)C2=Cc3cc(OC)c(OC)cc3CCC2)CCN1. The average Bonchev–Trinajstić information content (AvgIpc) is 2.93. The summed E-state index contributed by atoms with van der Waals surface area (Å²) in [5, 5.41) is 3.09. The lowest BCUT2D eigenvalue weighted by Gasteiger charge is -2.32. The molecule has 1 heterocycles. The molecule has 7 heteroatoms. The van der Waals surface area contributed by atoms with E-state index < -0.39 is 6.04 Å². The molecule has 1 aromatic rings. The Balaban J connectivity index is 1.85. The highest BCUT2D eigenvalue weighted by atomic mass is 16.5. The van der Waals surface area contributed by atoms with Gasteiger partial charge in [-0.25, -0.2) is 0 Å². The fraction of sp³-hybridized carbons (Fsp3) is 0.500. The Morgan fingerprint density at radius 1 is 1.11 bits per heavy atom. The highest BCUT2D eigenvalue weighted by molar-refractivity contribution is 5.98. The van der Waals surface area contributed by atoms with E-state index in [0.717, 1.165) is 29.5 Å². The van der Waals surface area contributed by atoms with Crippen molar-refractivity contribution in [2.45, 2.75) is 25.3 Å². The summed E-state index contributed by atoms with van der Waals surface area (Å²) in [5.41, 5.74) is 2.88. The number of hydrogen-bond acceptors (Lipinski definition) is 6. The molecule has 0 spiro atoms. The number of fused-ring (bicyclic) bond motifs is 1. The number of rotatable bonds is 4. The van der Waals surface area contributed by atoms with Crippen molar-refractivity contribution in [3.05, 3.63) is 28.8 Å². The summed E-state index contributed by atoms with van der Waals surface area (Å²) in [5.74, 6) is 0.981. The first-order valence-corrected chi connectivity index (χ1v) is 9.13. The molecule has 2 aliphatic rings. The maximum absolute atomic E-state index is 13.1. The zero-order valence-corrected chi connectivity index (χ0v) is 16.0. The van der Waals surface area contributed by atoms with Crippen LogP contribution in [0.15, 0.2) is 17.7 Å². The van der Waals surface area contributed by atoms with E-state index in [-0.39, 0.29) is 11.9 Å². The fourth-order valence-corrected chi connectivity index (χ4v) is 3.62. The van der Waals surface area contributed by atoms with Crippen LogP contribution in [-0.4, -0.2) is 63.8 Å². The summed E-state index contributed by atoms with van der Waals surface area (Å²) >= 11 is 0. The lowest BCUT2D eigenvalue weighted by Crippen LogP contribution is -2.56. The van der Waals surface area contributed by atoms with Crippen LogP contribution in [0.25, 0.3) is 6.08 Å². The number of carbonyl (C=O) groups is 2. The highest BCUT2D eigenvalue weighted by Crippen LogP contribution is 2.34. The van der Waals surface area contributed by atoms with E-state index in [0.29, 0.717) is 37.6 Å². The maximum Gasteiger partial charge on any atom is 0.324 e. The van der Waals surface area contributed by atoms with Crippen molar-refractivity contribution in [3.8, 4) is 11.5 Å². The van der Waals surface area contributed by atoms with Gasteiger partial charge in [0.05, 0.1) is 21.3 Å². The lowest BCUT2D eigenvalue weighted by atomic mass is 10.0. The van der Waals surface area contributed by atoms with Gasteiger partial charge < -0.3 is 24.4 Å². The third-order valence-corrected chi connectivity index (χ3v) is 5.09. The monoisotopic (exact) mass is 374 g/mol. The van der Waals surface area contributed by atoms with Gasteiger partial charge in [-0.2, -0.15) is 0 Å². The number of esters is 1. The Kier molecular flexibility index (Phi) is 6.01. The molecule has 1 amide bonds. The molecule has 1 fully saturated rings. The molecule has 1 atom stereocenters. The number of amides is 1. The van der Waals surface area contributed by atoms with Crippen LogP contribution in [0.3, 0.4) is 0 Å². The van der Waals surface area contributed by atoms with Gasteiger partial charge in [-0.05, 0) is 48.6 Å². The first-order chi connectivity index (χ1) is 13.1. The number of benzene rings is 1. The van der Waals surface area contributed by atoms with Crippen LogP contribution in [-0.2, 0) is 20.7 Å². The number of carbonyl (C=O) groups excluding carboxylic acids is 2. The quantitative estimate of drug-likeness (QED) is 0.803. The van der Waals surface area contributed by atoms with E-state index in [9.17, 15) is 9.59 Å². The molecule has 7 nitrogen and oxygen atoms in total. The van der Waals surface area contributed by atoms with Crippen LogP contribution in [0.2, 0.25) is 0 Å². The van der Waals surface area contributed by atoms with Crippen LogP contribution in [0.4, 0.5) is 0 Å². The summed E-state index contributed by atoms with van der Waals surface area (Å²) in [7, 11) is 4.58. The molecule has 1 unspecified atom stereocenters. The Bertz CT molecular complexity index is 759. The molecule has 1 aliphatic carbocycles. The van der Waals surface area contributed by atoms with Crippen molar-refractivity contribution in [1.82, 2.24) is 10.2 Å². The molecule has 3 rings (SSSR count). The smallest absolute Gasteiger partial charge is 0.324 e. The molecular weight excluding hydrogens is 348 g/mol. The third-order valence-electron chi connectivity index (χ3n) is 5.09. The minimum atomic E-state index is -0.476. The summed E-state index contributed by atoms with van der Waals surface area (Å²) in [6, 6.07) is 3.42. The summed E-state index contributed by atoms with van der Waals surface area (Å²) in [4.78, 5) is 26.6. The lowest BCUT2D eigenvalue weighted by molar-refractivity contribution is -0.145. The van der Waals surface area contributed by atoms with Crippen LogP contribution >= 0.6 is 0 Å². The molecular formula is C20H26N2O5. The van der Waals surface area contributed by atoms with E-state index in [1.54, 1.807) is 19.1 Å². The second kappa shape index (κ2) is 8.43. The highest BCUT2D eigenvalue weighted by Gasteiger charge is 2.30. The Morgan fingerprint density at radius 2 is 1.85 bits per heavy atom. The first-order valence-electron chi connectivity index (χ1n) is 9.13. The summed E-state index contributed by atoms with van der Waals surface area (Å²) < 4.78 is 15.6. The normalized spacial score (nSPS) is 19.4. The third kappa shape index (κ3) is 4.08. The van der Waals surface area contributed by atoms with Crippen molar-refractivity contribution in [3.63, 3.8) is 0 Å². The van der Waals surface area contributed by atoms with Crippen LogP contribution in [0, 0.1) is 0 Å². The minimum Gasteiger partial charge on any atom is -0.493 e. The summed E-state index contributed by atoms with van der Waals surface area (Å²) in [6.45, 7) is 1.46. The average molecular weight is 374 g/mol. The van der Waals surface area contributed by atoms with Gasteiger partial charge in [-0.3, -0.25) is 9.59 Å². The van der Waals surface area contributed by atoms with E-state index in [1.165, 1.54) is 7.11 Å². The molecule has 1 aliphatic heterocycles. The molecule has 0 aromatic heterocycles. The maximum atomic E-state index is 13.1. The van der Waals surface area contributed by atoms with Gasteiger partial charge in [0.15, 0.2) is 11.5 Å². The molecule has 0 radical (unpaired) electrons. The molecule has 0 saturated carbocycles. The van der Waals surface area contributed by atoms with E-state index >= 15 is 0 Å². The first kappa shape index (κ1) is 19.2. The second-order valence-corrected chi connectivity index (χ2v) is 6.71. The zero-order valence-electron chi connectivity index (χ0n) is 16.0. The van der Waals surface area contributed by atoms with E-state index in [1.807, 2.05) is 18.2 Å². The number of aryl methyl sites for hydroxylation is 1. The number of methoxy groups -OCH3 is 3. The summed E-state index contributed by atoms with van der Waals surface area (Å²) in [6.07, 6.45) is 4.40. The number of nitrogens with one attached hydrogen (secondary N) is 1. The number of hydrogen-bond donors (Lipinski definition) is 1. The molecule has 1 aromatic carbocycles. The molecule has 1 saturated heterocycles. The topological polar surface area (TPSA) is 77.1 Å². The van der Waals surface area contributed by atoms with Gasteiger partial charge in [0.2, 0.25) is 5.91 Å². The largest absolute Gasteiger partial charge is 0.493 e. The Hall–Kier alpha value is -2.54. The van der Waals surface area contributed by atoms with Crippen LogP contribution in [0.5, 0.6) is 11.5 Å². The molecule has 27 heavy (non-hydrogen) atoms. The van der Waals surface area contributed by atoms with E-state index in [4.69, 9.17) is 14.2 Å². The van der Waals surface area contributed by atoms with Crippen molar-refractivity contribution in [2.75, 3.05) is 41.0 Å². The Morgan fingerprint density at radius 3 is 2.56 bits per heavy atom. The van der Waals surface area contributed by atoms with Gasteiger partial charge in [0.1, 0.15) is 6.04 Å². The van der Waals surface area contributed by atoms with Gasteiger partial charge in [0.25, 0.3) is 0 Å². The fourth-order valence-electron chi connectivity index (χ4n) is 3.62. The number of piperazine rings is 1. The van der Waals surface area contributed by atoms with Gasteiger partial charge in [0, 0.05) is 25.2 Å². The van der Waals surface area contributed by atoms with Crippen molar-refractivity contribution < 1.29 is 23.8 Å². The molecule has 1 N–H and O–H groups in total. The Labute approximate surface area is 159 Å². The second-order valence-electron chi connectivity index (χ2n) is 6.71. The van der Waals surface area contributed by atoms with Crippen molar-refractivity contribution in [2.24, 2.45) is 0 Å². The molecule has 146 valence electrons.